The van der Waals surface area contributed by atoms with Gasteiger partial charge in [0, 0.05) is 0 Å². The fraction of sp³-hybridized carbons (Fsp3) is 0.750. The second kappa shape index (κ2) is 6.92. The van der Waals surface area contributed by atoms with Crippen LogP contribution in [-0.2, 0) is 23.2 Å². The molecule has 0 bridgehead atoms. The Kier molecular flexibility index (Phi) is 5.99. The van der Waals surface area contributed by atoms with Crippen LogP contribution in [0.15, 0.2) is 18.7 Å². The zero-order valence-corrected chi connectivity index (χ0v) is 13.4. The Bertz CT molecular complexity index is 651. The van der Waals surface area contributed by atoms with E-state index in [4.69, 9.17) is 13.0 Å². The van der Waals surface area contributed by atoms with Gasteiger partial charge in [0.1, 0.15) is 12.4 Å². The van der Waals surface area contributed by atoms with Crippen LogP contribution < -0.4 is 4.57 Å². The standard InChI is InChI=1S/C11H17F2N2O.CHF3O3S/c1-14-7-8-15(9-14)11(12,13)10(16)5-3-2-4-6-10;2-1(3,4)8(5,6)7/h7-9,16H,2-6H2,1H3;(H,5,6,7)/q+1;/p-1. The molecule has 12 heteroatoms. The number of aryl methyl sites for hydroxylation is 1. The first-order valence-electron chi connectivity index (χ1n) is 6.87. The maximum atomic E-state index is 14.1. The van der Waals surface area contributed by atoms with Crippen molar-refractivity contribution in [3.8, 4) is 0 Å². The highest BCUT2D eigenvalue weighted by molar-refractivity contribution is 7.86. The number of aromatic nitrogens is 2. The Hall–Kier alpha value is -1.27. The predicted octanol–water partition coefficient (Wildman–Crippen LogP) is 1.61. The maximum Gasteiger partial charge on any atom is 0.485 e. The third kappa shape index (κ3) is 4.63. The van der Waals surface area contributed by atoms with Crippen LogP contribution in [0.3, 0.4) is 0 Å². The van der Waals surface area contributed by atoms with Gasteiger partial charge in [0.05, 0.1) is 7.05 Å². The van der Waals surface area contributed by atoms with Crippen molar-refractivity contribution in [1.82, 2.24) is 4.57 Å². The fourth-order valence-corrected chi connectivity index (χ4v) is 2.29. The van der Waals surface area contributed by atoms with E-state index < -0.39 is 27.3 Å². The number of aliphatic hydroxyl groups is 1. The van der Waals surface area contributed by atoms with E-state index >= 15 is 0 Å². The van der Waals surface area contributed by atoms with Gasteiger partial charge < -0.3 is 9.66 Å². The summed E-state index contributed by atoms with van der Waals surface area (Å²) in [6, 6.07) is -3.23. The summed E-state index contributed by atoms with van der Waals surface area (Å²) in [5.41, 5.74) is -7.54. The van der Waals surface area contributed by atoms with Crippen LogP contribution in [0.25, 0.3) is 0 Å². The summed E-state index contributed by atoms with van der Waals surface area (Å²) in [4.78, 5) is 0. The Labute approximate surface area is 135 Å². The minimum absolute atomic E-state index is 0.169. The molecule has 0 atom stereocenters. The first kappa shape index (κ1) is 20.8. The third-order valence-electron chi connectivity index (χ3n) is 3.62. The van der Waals surface area contributed by atoms with Crippen LogP contribution in [0.2, 0.25) is 0 Å². The van der Waals surface area contributed by atoms with E-state index in [1.807, 2.05) is 0 Å². The lowest BCUT2D eigenvalue weighted by molar-refractivity contribution is -0.671. The number of halogens is 5. The highest BCUT2D eigenvalue weighted by atomic mass is 32.2. The smallest absolute Gasteiger partial charge is 0.485 e. The number of imidazole rings is 1. The van der Waals surface area contributed by atoms with Gasteiger partial charge in [-0.15, -0.1) is 0 Å². The van der Waals surface area contributed by atoms with Crippen LogP contribution in [0.5, 0.6) is 0 Å². The minimum atomic E-state index is -6.09. The lowest BCUT2D eigenvalue weighted by Crippen LogP contribution is -2.51. The number of hydrogen-bond acceptors (Lipinski definition) is 4. The summed E-state index contributed by atoms with van der Waals surface area (Å²) in [7, 11) is -4.41. The molecule has 0 spiro atoms. The topological polar surface area (TPSA) is 86.2 Å². The molecule has 0 radical (unpaired) electrons. The molecule has 1 aromatic heterocycles. The molecule has 140 valence electrons. The zero-order chi connectivity index (χ0) is 18.8. The molecule has 1 aliphatic carbocycles. The van der Waals surface area contributed by atoms with Crippen molar-refractivity contribution in [2.24, 2.45) is 7.05 Å². The Morgan fingerprint density at radius 3 is 1.96 bits per heavy atom. The van der Waals surface area contributed by atoms with Gasteiger partial charge in [-0.25, -0.2) is 13.0 Å². The Balaban J connectivity index is 0.000000307. The SMILES string of the molecule is C[n+]1ccn(C(F)(F)C2(O)CCCCC2)c1.O=S(=O)([O-])C(F)(F)F. The van der Waals surface area contributed by atoms with E-state index in [2.05, 4.69) is 0 Å². The predicted molar refractivity (Wildman–Crippen MR) is 69.6 cm³/mol. The van der Waals surface area contributed by atoms with Crippen molar-refractivity contribution in [1.29, 1.82) is 0 Å². The average Bonchev–Trinajstić information content (AvgIpc) is 2.85. The quantitative estimate of drug-likeness (QED) is 0.366. The van der Waals surface area contributed by atoms with Gasteiger partial charge in [0.2, 0.25) is 6.33 Å². The number of rotatable bonds is 2. The van der Waals surface area contributed by atoms with Crippen LogP contribution in [0.1, 0.15) is 32.1 Å². The Morgan fingerprint density at radius 2 is 1.62 bits per heavy atom. The molecule has 24 heavy (non-hydrogen) atoms. The molecule has 0 unspecified atom stereocenters. The molecule has 1 saturated carbocycles. The summed E-state index contributed by atoms with van der Waals surface area (Å²) in [6.07, 6.45) is 6.74. The van der Waals surface area contributed by atoms with Gasteiger partial charge in [-0.05, 0) is 12.8 Å². The van der Waals surface area contributed by atoms with E-state index in [-0.39, 0.29) is 12.8 Å². The lowest BCUT2D eigenvalue weighted by Gasteiger charge is -2.35. The lowest BCUT2D eigenvalue weighted by atomic mass is 9.83. The highest BCUT2D eigenvalue weighted by Crippen LogP contribution is 2.43. The molecule has 0 saturated heterocycles. The van der Waals surface area contributed by atoms with Gasteiger partial charge in [-0.1, -0.05) is 19.3 Å². The fourth-order valence-electron chi connectivity index (χ4n) is 2.29. The van der Waals surface area contributed by atoms with Crippen molar-refractivity contribution < 1.29 is 44.6 Å². The molecule has 1 fully saturated rings. The normalized spacial score (nSPS) is 18.7. The number of hydrogen-bond donors (Lipinski definition) is 1. The van der Waals surface area contributed by atoms with Crippen LogP contribution in [-0.4, -0.2) is 33.8 Å². The summed E-state index contributed by atoms with van der Waals surface area (Å²) < 4.78 is 89.5. The van der Waals surface area contributed by atoms with E-state index in [9.17, 15) is 27.1 Å². The van der Waals surface area contributed by atoms with Gasteiger partial charge >= 0.3 is 11.6 Å². The third-order valence-corrected chi connectivity index (χ3v) is 4.18. The first-order valence-corrected chi connectivity index (χ1v) is 8.27. The summed E-state index contributed by atoms with van der Waals surface area (Å²) in [5.74, 6) is 0. The Morgan fingerprint density at radius 1 is 1.17 bits per heavy atom. The minimum Gasteiger partial charge on any atom is -0.741 e. The molecule has 0 aromatic carbocycles. The maximum absolute atomic E-state index is 14.1. The number of alkyl halides is 5. The first-order chi connectivity index (χ1) is 10.7. The molecule has 2 rings (SSSR count). The molecular formula is C12H17F5N2O4S. The van der Waals surface area contributed by atoms with Crippen molar-refractivity contribution in [3.05, 3.63) is 18.7 Å². The van der Waals surface area contributed by atoms with E-state index in [0.29, 0.717) is 12.8 Å². The molecule has 0 aliphatic heterocycles. The van der Waals surface area contributed by atoms with Crippen molar-refractivity contribution >= 4 is 10.1 Å². The van der Waals surface area contributed by atoms with Gasteiger partial charge in [-0.3, -0.25) is 0 Å². The molecule has 1 N–H and O–H groups in total. The van der Waals surface area contributed by atoms with Crippen LogP contribution in [0.4, 0.5) is 22.0 Å². The molecular weight excluding hydrogens is 363 g/mol. The summed E-state index contributed by atoms with van der Waals surface area (Å²) >= 11 is 0. The number of nitrogens with zero attached hydrogens (tertiary/aromatic N) is 2. The summed E-state index contributed by atoms with van der Waals surface area (Å²) in [6.45, 7) is 0. The largest absolute Gasteiger partial charge is 0.741 e. The van der Waals surface area contributed by atoms with Crippen molar-refractivity contribution in [3.63, 3.8) is 0 Å². The van der Waals surface area contributed by atoms with E-state index in [1.54, 1.807) is 17.8 Å². The highest BCUT2D eigenvalue weighted by Gasteiger charge is 2.58. The van der Waals surface area contributed by atoms with Gasteiger partial charge in [0.15, 0.2) is 15.7 Å². The molecule has 6 nitrogen and oxygen atoms in total. The second-order valence-electron chi connectivity index (χ2n) is 5.52. The summed E-state index contributed by atoms with van der Waals surface area (Å²) in [5, 5.41) is 10.1. The molecule has 1 aliphatic rings. The molecule has 1 heterocycles. The van der Waals surface area contributed by atoms with Gasteiger partial charge in [-0.2, -0.15) is 26.5 Å². The van der Waals surface area contributed by atoms with Crippen LogP contribution in [0, 0.1) is 0 Å². The van der Waals surface area contributed by atoms with Crippen LogP contribution >= 0.6 is 0 Å². The second-order valence-corrected chi connectivity index (χ2v) is 6.89. The van der Waals surface area contributed by atoms with Gasteiger partial charge in [0.25, 0.3) is 0 Å². The monoisotopic (exact) mass is 380 g/mol. The van der Waals surface area contributed by atoms with E-state index in [0.717, 1.165) is 11.0 Å². The van der Waals surface area contributed by atoms with Crippen molar-refractivity contribution in [2.75, 3.05) is 0 Å². The average molecular weight is 380 g/mol. The van der Waals surface area contributed by atoms with Crippen molar-refractivity contribution in [2.45, 2.75) is 49.3 Å². The van der Waals surface area contributed by atoms with E-state index in [1.165, 1.54) is 12.5 Å². The molecule has 1 aromatic rings. The zero-order valence-electron chi connectivity index (χ0n) is 12.6. The molecule has 0 amide bonds.